The van der Waals surface area contributed by atoms with Gasteiger partial charge in [-0.15, -0.1) is 0 Å². The number of carbonyl (C=O) groups is 5. The molecule has 14 nitrogen and oxygen atoms in total. The van der Waals surface area contributed by atoms with Crippen LogP contribution in [-0.2, 0) is 35.1 Å². The number of allylic oxidation sites excluding steroid dienone is 2. The molecule has 0 bridgehead atoms. The third-order valence-electron chi connectivity index (χ3n) is 5.71. The van der Waals surface area contributed by atoms with Gasteiger partial charge in [0.15, 0.2) is 5.90 Å². The molecule has 0 saturated carbocycles. The van der Waals surface area contributed by atoms with Crippen LogP contribution in [0.4, 0.5) is 11.4 Å². The minimum atomic E-state index is -1.34. The molecule has 14 heteroatoms. The zero-order chi connectivity index (χ0) is 27.3. The van der Waals surface area contributed by atoms with E-state index in [1.807, 2.05) is 0 Å². The number of carboxylic acid groups (broad SMARTS) is 4. The van der Waals surface area contributed by atoms with Crippen molar-refractivity contribution in [3.63, 3.8) is 0 Å². The first-order valence-corrected chi connectivity index (χ1v) is 10.9. The SMILES string of the molecule is O=COC1=NC(C(=O)O)=CC(/C=C/N2c3cc(O)c(N[C@@H](CCC(=O)O)C(=O)O)cc3C[C@H]2C(=O)O)C1. The van der Waals surface area contributed by atoms with E-state index in [9.17, 15) is 44.4 Å². The van der Waals surface area contributed by atoms with Gasteiger partial charge in [0.1, 0.15) is 23.5 Å². The summed E-state index contributed by atoms with van der Waals surface area (Å²) in [6, 6.07) is 0.257. The number of hydrogen-bond donors (Lipinski definition) is 6. The Labute approximate surface area is 208 Å². The van der Waals surface area contributed by atoms with Crippen molar-refractivity contribution in [2.45, 2.75) is 37.8 Å². The number of phenolic OH excluding ortho intramolecular Hbond substituents is 1. The molecule has 1 unspecified atom stereocenters. The van der Waals surface area contributed by atoms with Gasteiger partial charge in [0.2, 0.25) is 0 Å². The van der Waals surface area contributed by atoms with Crippen molar-refractivity contribution in [2.75, 3.05) is 10.2 Å². The molecular weight excluding hydrogens is 494 g/mol. The van der Waals surface area contributed by atoms with Gasteiger partial charge in [0, 0.05) is 43.1 Å². The molecule has 2 aliphatic heterocycles. The first-order valence-electron chi connectivity index (χ1n) is 10.9. The molecule has 0 spiro atoms. The van der Waals surface area contributed by atoms with Gasteiger partial charge in [0.25, 0.3) is 6.47 Å². The number of aromatic hydroxyl groups is 1. The predicted molar refractivity (Wildman–Crippen MR) is 125 cm³/mol. The predicted octanol–water partition coefficient (Wildman–Crippen LogP) is 1.01. The summed E-state index contributed by atoms with van der Waals surface area (Å²) in [6.45, 7) is 0.118. The molecule has 6 N–H and O–H groups in total. The second kappa shape index (κ2) is 11.2. The van der Waals surface area contributed by atoms with Gasteiger partial charge in [-0.1, -0.05) is 6.08 Å². The maximum absolute atomic E-state index is 11.9. The van der Waals surface area contributed by atoms with E-state index in [-0.39, 0.29) is 48.8 Å². The number of nitrogens with one attached hydrogen (secondary N) is 1. The highest BCUT2D eigenvalue weighted by Gasteiger charge is 2.35. The number of rotatable bonds is 11. The molecule has 0 aliphatic carbocycles. The largest absolute Gasteiger partial charge is 0.506 e. The van der Waals surface area contributed by atoms with Crippen LogP contribution < -0.4 is 10.2 Å². The monoisotopic (exact) mass is 517 g/mol. The third kappa shape index (κ3) is 6.42. The van der Waals surface area contributed by atoms with E-state index in [4.69, 9.17) is 9.84 Å². The highest BCUT2D eigenvalue weighted by atomic mass is 16.5. The molecule has 0 saturated heterocycles. The molecule has 1 aromatic carbocycles. The van der Waals surface area contributed by atoms with E-state index < -0.39 is 48.3 Å². The minimum absolute atomic E-state index is 0.000291. The van der Waals surface area contributed by atoms with Crippen LogP contribution in [0.15, 0.2) is 41.2 Å². The Morgan fingerprint density at radius 1 is 1.16 bits per heavy atom. The second-order valence-corrected chi connectivity index (χ2v) is 8.22. The molecule has 2 heterocycles. The Hall–Kier alpha value is -4.88. The van der Waals surface area contributed by atoms with E-state index in [1.165, 1.54) is 35.4 Å². The summed E-state index contributed by atoms with van der Waals surface area (Å²) >= 11 is 0. The van der Waals surface area contributed by atoms with Crippen LogP contribution in [0.1, 0.15) is 24.8 Å². The number of carboxylic acids is 4. The van der Waals surface area contributed by atoms with Crippen molar-refractivity contribution in [3.8, 4) is 5.75 Å². The summed E-state index contributed by atoms with van der Waals surface area (Å²) in [6.07, 6.45) is 3.61. The fourth-order valence-electron chi connectivity index (χ4n) is 3.98. The second-order valence-electron chi connectivity index (χ2n) is 8.22. The molecule has 2 aliphatic rings. The zero-order valence-electron chi connectivity index (χ0n) is 19.1. The maximum Gasteiger partial charge on any atom is 0.354 e. The number of hydrogen-bond acceptors (Lipinski definition) is 10. The molecule has 3 atom stereocenters. The Kier molecular flexibility index (Phi) is 8.12. The van der Waals surface area contributed by atoms with E-state index in [0.717, 1.165) is 0 Å². The van der Waals surface area contributed by atoms with Crippen LogP contribution in [-0.4, -0.2) is 73.9 Å². The lowest BCUT2D eigenvalue weighted by Gasteiger charge is -2.22. The number of benzene rings is 1. The molecule has 0 fully saturated rings. The van der Waals surface area contributed by atoms with Crippen molar-refractivity contribution in [1.29, 1.82) is 0 Å². The van der Waals surface area contributed by atoms with Crippen molar-refractivity contribution in [3.05, 3.63) is 41.7 Å². The molecule has 3 rings (SSSR count). The maximum atomic E-state index is 11.9. The number of fused-ring (bicyclic) bond motifs is 1. The van der Waals surface area contributed by atoms with Gasteiger partial charge in [-0.2, -0.15) is 0 Å². The highest BCUT2D eigenvalue weighted by Crippen LogP contribution is 2.40. The van der Waals surface area contributed by atoms with Crippen LogP contribution in [0.2, 0.25) is 0 Å². The van der Waals surface area contributed by atoms with Crippen LogP contribution >= 0.6 is 0 Å². The summed E-state index contributed by atoms with van der Waals surface area (Å²) in [5, 5.41) is 50.3. The zero-order valence-corrected chi connectivity index (χ0v) is 19.1. The van der Waals surface area contributed by atoms with Gasteiger partial charge >= 0.3 is 23.9 Å². The molecule has 37 heavy (non-hydrogen) atoms. The molecular formula is C23H23N3O11. The van der Waals surface area contributed by atoms with Crippen LogP contribution in [0.25, 0.3) is 0 Å². The first-order chi connectivity index (χ1) is 17.5. The number of phenols is 1. The lowest BCUT2D eigenvalue weighted by Crippen LogP contribution is -2.34. The van der Waals surface area contributed by atoms with Gasteiger partial charge < -0.3 is 40.5 Å². The highest BCUT2D eigenvalue weighted by molar-refractivity contribution is 5.94. The molecule has 0 radical (unpaired) electrons. The minimum Gasteiger partial charge on any atom is -0.506 e. The quantitative estimate of drug-likeness (QED) is 0.178. The summed E-state index contributed by atoms with van der Waals surface area (Å²) in [4.78, 5) is 61.4. The normalized spacial score (nSPS) is 19.4. The number of aliphatic carboxylic acids is 4. The van der Waals surface area contributed by atoms with Crippen LogP contribution in [0.5, 0.6) is 5.75 Å². The summed E-state index contributed by atoms with van der Waals surface area (Å²) in [5.74, 6) is -6.13. The molecule has 196 valence electrons. The van der Waals surface area contributed by atoms with E-state index in [2.05, 4.69) is 10.3 Å². The topological polar surface area (TPSA) is 223 Å². The lowest BCUT2D eigenvalue weighted by molar-refractivity contribution is -0.140. The Bertz CT molecular complexity index is 1220. The van der Waals surface area contributed by atoms with E-state index in [0.29, 0.717) is 11.3 Å². The number of carbonyl (C=O) groups excluding carboxylic acids is 1. The standard InChI is InChI=1S/C23H23N3O11/c27-10-37-19-6-11(5-15(25-19)22(33)34)3-4-26-16-9-18(28)14(7-12(16)8-17(26)23(35)36)24-13(21(31)32)1-2-20(29)30/h3-5,7,9-11,13,17,24,28H,1-2,6,8H2,(H,29,30)(H,31,32)(H,33,34)(H,35,36)/b4-3+/t11?,13-,17-/m0/s1. The van der Waals surface area contributed by atoms with Crippen molar-refractivity contribution < 1.29 is 54.2 Å². The van der Waals surface area contributed by atoms with Gasteiger partial charge in [0.05, 0.1) is 5.69 Å². The van der Waals surface area contributed by atoms with Crippen molar-refractivity contribution >= 4 is 47.6 Å². The summed E-state index contributed by atoms with van der Waals surface area (Å²) in [7, 11) is 0. The smallest absolute Gasteiger partial charge is 0.354 e. The van der Waals surface area contributed by atoms with Gasteiger partial charge in [-0.3, -0.25) is 9.59 Å². The fourth-order valence-corrected chi connectivity index (χ4v) is 3.98. The van der Waals surface area contributed by atoms with Crippen LogP contribution in [0, 0.1) is 5.92 Å². The lowest BCUT2D eigenvalue weighted by atomic mass is 10.0. The molecule has 0 aromatic heterocycles. The fraction of sp³-hybridized carbons (Fsp3) is 0.304. The first kappa shape index (κ1) is 26.7. The summed E-state index contributed by atoms with van der Waals surface area (Å²) in [5.41, 5.74) is 0.440. The Morgan fingerprint density at radius 3 is 2.49 bits per heavy atom. The number of ether oxygens (including phenoxy) is 1. The van der Waals surface area contributed by atoms with E-state index >= 15 is 0 Å². The molecule has 1 aromatic rings. The van der Waals surface area contributed by atoms with Crippen LogP contribution in [0.3, 0.4) is 0 Å². The third-order valence-corrected chi connectivity index (χ3v) is 5.71. The molecule has 0 amide bonds. The average molecular weight is 517 g/mol. The number of anilines is 2. The number of nitrogens with zero attached hydrogens (tertiary/aromatic N) is 2. The summed E-state index contributed by atoms with van der Waals surface area (Å²) < 4.78 is 4.70. The van der Waals surface area contributed by atoms with E-state index in [1.54, 1.807) is 0 Å². The average Bonchev–Trinajstić information content (AvgIpc) is 3.17. The van der Waals surface area contributed by atoms with Gasteiger partial charge in [-0.25, -0.2) is 19.4 Å². The number of aliphatic imine (C=N–C) groups is 1. The Morgan fingerprint density at radius 2 is 1.89 bits per heavy atom. The van der Waals surface area contributed by atoms with Crippen molar-refractivity contribution in [1.82, 2.24) is 0 Å². The van der Waals surface area contributed by atoms with Gasteiger partial charge in [-0.05, 0) is 24.1 Å². The van der Waals surface area contributed by atoms with Crippen molar-refractivity contribution in [2.24, 2.45) is 10.9 Å². The Balaban J connectivity index is 1.88.